The molecule has 1 aromatic carbocycles. The molecule has 1 fully saturated rings. The van der Waals surface area contributed by atoms with Crippen molar-refractivity contribution in [2.75, 3.05) is 13.1 Å². The summed E-state index contributed by atoms with van der Waals surface area (Å²) in [6, 6.07) is 14.6. The minimum Gasteiger partial charge on any atom is -0.371 e. The van der Waals surface area contributed by atoms with Crippen molar-refractivity contribution in [2.24, 2.45) is 0 Å². The largest absolute Gasteiger partial charge is 0.371 e. The van der Waals surface area contributed by atoms with E-state index < -0.39 is 0 Å². The average Bonchev–Trinajstić information content (AvgIpc) is 3.10. The molecule has 0 saturated carbocycles. The average molecular weight is 293 g/mol. The van der Waals surface area contributed by atoms with Gasteiger partial charge in [-0.2, -0.15) is 0 Å². The van der Waals surface area contributed by atoms with Crippen LogP contribution in [0.3, 0.4) is 0 Å². The summed E-state index contributed by atoms with van der Waals surface area (Å²) in [7, 11) is 0. The SMILES string of the molecule is C#CC1(c2cccs2)CCN(C(=C)c2ccccc2)CC1. The molecule has 1 saturated heterocycles. The first-order valence-electron chi connectivity index (χ1n) is 7.26. The number of hydrogen-bond acceptors (Lipinski definition) is 2. The van der Waals surface area contributed by atoms with Crippen LogP contribution in [0.15, 0.2) is 54.4 Å². The van der Waals surface area contributed by atoms with Gasteiger partial charge in [-0.25, -0.2) is 0 Å². The van der Waals surface area contributed by atoms with Crippen LogP contribution in [0.5, 0.6) is 0 Å². The molecule has 2 heteroatoms. The summed E-state index contributed by atoms with van der Waals surface area (Å²) in [6.45, 7) is 6.20. The van der Waals surface area contributed by atoms with Gasteiger partial charge in [0.05, 0.1) is 5.41 Å². The number of hydrogen-bond donors (Lipinski definition) is 0. The number of piperidine rings is 1. The predicted octanol–water partition coefficient (Wildman–Crippen LogP) is 4.39. The highest BCUT2D eigenvalue weighted by molar-refractivity contribution is 7.10. The third-order valence-corrected chi connectivity index (χ3v) is 5.45. The highest BCUT2D eigenvalue weighted by Crippen LogP contribution is 2.39. The second-order valence-electron chi connectivity index (χ2n) is 5.50. The first-order valence-corrected chi connectivity index (χ1v) is 8.14. The number of terminal acetylenes is 1. The van der Waals surface area contributed by atoms with Crippen LogP contribution in [0.2, 0.25) is 0 Å². The van der Waals surface area contributed by atoms with Crippen LogP contribution in [0, 0.1) is 12.3 Å². The lowest BCUT2D eigenvalue weighted by Crippen LogP contribution is -2.40. The molecule has 1 aliphatic heterocycles. The maximum absolute atomic E-state index is 5.88. The molecule has 0 amide bonds. The van der Waals surface area contributed by atoms with Gasteiger partial charge in [-0.1, -0.05) is 48.9 Å². The summed E-state index contributed by atoms with van der Waals surface area (Å²) in [4.78, 5) is 3.69. The van der Waals surface area contributed by atoms with E-state index in [9.17, 15) is 0 Å². The Morgan fingerprint density at radius 3 is 2.43 bits per heavy atom. The Kier molecular flexibility index (Phi) is 3.86. The minimum atomic E-state index is -0.0817. The second-order valence-corrected chi connectivity index (χ2v) is 6.45. The van der Waals surface area contributed by atoms with Crippen molar-refractivity contribution >= 4 is 17.0 Å². The maximum atomic E-state index is 5.88. The summed E-state index contributed by atoms with van der Waals surface area (Å²) >= 11 is 1.78. The van der Waals surface area contributed by atoms with Gasteiger partial charge in [-0.05, 0) is 29.9 Å². The monoisotopic (exact) mass is 293 g/mol. The molecule has 0 N–H and O–H groups in total. The topological polar surface area (TPSA) is 3.24 Å². The van der Waals surface area contributed by atoms with Gasteiger partial charge >= 0.3 is 0 Å². The molecule has 2 aromatic rings. The molecule has 3 rings (SSSR count). The highest BCUT2D eigenvalue weighted by atomic mass is 32.1. The number of rotatable bonds is 3. The fraction of sp³-hybridized carbons (Fsp3) is 0.263. The van der Waals surface area contributed by atoms with E-state index in [1.54, 1.807) is 11.3 Å². The molecule has 0 atom stereocenters. The smallest absolute Gasteiger partial charge is 0.0686 e. The fourth-order valence-corrected chi connectivity index (χ4v) is 3.93. The van der Waals surface area contributed by atoms with E-state index in [1.807, 2.05) is 6.07 Å². The van der Waals surface area contributed by atoms with Gasteiger partial charge in [0.25, 0.3) is 0 Å². The van der Waals surface area contributed by atoms with Crippen molar-refractivity contribution < 1.29 is 0 Å². The molecule has 106 valence electrons. The van der Waals surface area contributed by atoms with Gasteiger partial charge in [0.1, 0.15) is 0 Å². The third kappa shape index (κ3) is 2.62. The van der Waals surface area contributed by atoms with Gasteiger partial charge in [-0.3, -0.25) is 0 Å². The van der Waals surface area contributed by atoms with Crippen molar-refractivity contribution in [1.82, 2.24) is 4.90 Å². The van der Waals surface area contributed by atoms with Crippen LogP contribution in [-0.2, 0) is 5.41 Å². The van der Waals surface area contributed by atoms with Crippen LogP contribution >= 0.6 is 11.3 Å². The Morgan fingerprint density at radius 2 is 1.86 bits per heavy atom. The molecule has 0 unspecified atom stereocenters. The molecular weight excluding hydrogens is 274 g/mol. The molecule has 1 aromatic heterocycles. The third-order valence-electron chi connectivity index (χ3n) is 4.37. The Labute approximate surface area is 130 Å². The highest BCUT2D eigenvalue weighted by Gasteiger charge is 2.35. The van der Waals surface area contributed by atoms with Crippen molar-refractivity contribution in [3.8, 4) is 12.3 Å². The molecule has 2 heterocycles. The van der Waals surface area contributed by atoms with Gasteiger partial charge in [0.2, 0.25) is 0 Å². The summed E-state index contributed by atoms with van der Waals surface area (Å²) in [6.07, 6.45) is 7.87. The van der Waals surface area contributed by atoms with Crippen molar-refractivity contribution in [2.45, 2.75) is 18.3 Å². The number of benzene rings is 1. The van der Waals surface area contributed by atoms with Crippen molar-refractivity contribution in [3.63, 3.8) is 0 Å². The van der Waals surface area contributed by atoms with Crippen LogP contribution in [0.4, 0.5) is 0 Å². The first-order chi connectivity index (χ1) is 10.2. The molecule has 0 bridgehead atoms. The van der Waals surface area contributed by atoms with E-state index in [2.05, 4.69) is 59.2 Å². The number of nitrogens with zero attached hydrogens (tertiary/aromatic N) is 1. The zero-order valence-electron chi connectivity index (χ0n) is 12.1. The van der Waals surface area contributed by atoms with Gasteiger partial charge in [0, 0.05) is 23.7 Å². The van der Waals surface area contributed by atoms with Crippen molar-refractivity contribution in [3.05, 3.63) is 64.9 Å². The Balaban J connectivity index is 1.73. The van der Waals surface area contributed by atoms with Gasteiger partial charge < -0.3 is 4.90 Å². The molecule has 0 aliphatic carbocycles. The quantitative estimate of drug-likeness (QED) is 0.759. The molecule has 1 aliphatic rings. The van der Waals surface area contributed by atoms with E-state index in [-0.39, 0.29) is 5.41 Å². The second kappa shape index (κ2) is 5.79. The molecule has 1 nitrogen and oxygen atoms in total. The van der Waals surface area contributed by atoms with Gasteiger partial charge in [0.15, 0.2) is 0 Å². The summed E-state index contributed by atoms with van der Waals surface area (Å²) in [5.41, 5.74) is 2.22. The van der Waals surface area contributed by atoms with Gasteiger partial charge in [-0.15, -0.1) is 17.8 Å². The van der Waals surface area contributed by atoms with E-state index >= 15 is 0 Å². The minimum absolute atomic E-state index is 0.0817. The normalized spacial score (nSPS) is 17.2. The molecule has 21 heavy (non-hydrogen) atoms. The van der Waals surface area contributed by atoms with Crippen LogP contribution < -0.4 is 0 Å². The maximum Gasteiger partial charge on any atom is 0.0686 e. The number of thiophene rings is 1. The first kappa shape index (κ1) is 14.0. The standard InChI is InChI=1S/C19H19NS/c1-3-19(18-10-7-15-21-18)11-13-20(14-12-19)16(2)17-8-5-4-6-9-17/h1,4-10,15H,2,11-14H2. The fourth-order valence-electron chi connectivity index (χ4n) is 2.98. The molecular formula is C19H19NS. The predicted molar refractivity (Wildman–Crippen MR) is 91.1 cm³/mol. The van der Waals surface area contributed by atoms with E-state index in [0.29, 0.717) is 0 Å². The van der Waals surface area contributed by atoms with Crippen LogP contribution in [0.25, 0.3) is 5.70 Å². The van der Waals surface area contributed by atoms with Crippen LogP contribution in [0.1, 0.15) is 23.3 Å². The summed E-state index contributed by atoms with van der Waals surface area (Å²) < 4.78 is 0. The zero-order valence-corrected chi connectivity index (χ0v) is 12.9. The number of likely N-dealkylation sites (tertiary alicyclic amines) is 1. The Hall–Kier alpha value is -1.98. The molecule has 0 radical (unpaired) electrons. The van der Waals surface area contributed by atoms with E-state index in [4.69, 9.17) is 6.42 Å². The lowest BCUT2D eigenvalue weighted by molar-refractivity contribution is 0.263. The van der Waals surface area contributed by atoms with E-state index in [0.717, 1.165) is 31.6 Å². The molecule has 0 spiro atoms. The Morgan fingerprint density at radius 1 is 1.14 bits per heavy atom. The lowest BCUT2D eigenvalue weighted by Gasteiger charge is -2.40. The lowest BCUT2D eigenvalue weighted by atomic mass is 9.77. The summed E-state index contributed by atoms with van der Waals surface area (Å²) in [5.74, 6) is 3.07. The van der Waals surface area contributed by atoms with Crippen molar-refractivity contribution in [1.29, 1.82) is 0 Å². The summed E-state index contributed by atoms with van der Waals surface area (Å²) in [5, 5.41) is 2.11. The van der Waals surface area contributed by atoms with E-state index in [1.165, 1.54) is 10.4 Å². The Bertz CT molecular complexity index is 641. The zero-order chi connectivity index (χ0) is 14.7. The van der Waals surface area contributed by atoms with Crippen LogP contribution in [-0.4, -0.2) is 18.0 Å².